The number of methoxy groups -OCH3 is 1. The Bertz CT molecular complexity index is 404. The molecule has 19 heavy (non-hydrogen) atoms. The summed E-state index contributed by atoms with van der Waals surface area (Å²) < 4.78 is 27.9. The summed E-state index contributed by atoms with van der Waals surface area (Å²) in [5.41, 5.74) is 0. The van der Waals surface area contributed by atoms with Crippen LogP contribution in [-0.4, -0.2) is 45.0 Å². The molecular formula is C12H23NO5S. The molecule has 2 unspecified atom stereocenters. The third-order valence-corrected chi connectivity index (χ3v) is 4.30. The highest BCUT2D eigenvalue weighted by molar-refractivity contribution is 7.92. The Balaban J connectivity index is 4.37. The molecule has 7 heteroatoms. The van der Waals surface area contributed by atoms with Gasteiger partial charge in [-0.1, -0.05) is 20.3 Å². The van der Waals surface area contributed by atoms with Crippen molar-refractivity contribution in [3.63, 3.8) is 0 Å². The smallest absolute Gasteiger partial charge is 0.309 e. The van der Waals surface area contributed by atoms with Gasteiger partial charge in [-0.05, 0) is 13.3 Å². The molecule has 0 bridgehead atoms. The normalized spacial score (nSPS) is 14.5. The standard InChI is InChI=1S/C12H23NO5S/c1-5-6-10(3)13-11(14)8-19(16,17)7-9(2)12(15)18-4/h9-10H,5-8H2,1-4H3,(H,13,14). The van der Waals surface area contributed by atoms with E-state index < -0.39 is 33.4 Å². The van der Waals surface area contributed by atoms with Gasteiger partial charge < -0.3 is 10.1 Å². The molecule has 0 aliphatic heterocycles. The second-order valence-corrected chi connectivity index (χ2v) is 6.85. The molecule has 6 nitrogen and oxygen atoms in total. The summed E-state index contributed by atoms with van der Waals surface area (Å²) in [6.07, 6.45) is 1.71. The van der Waals surface area contributed by atoms with E-state index in [2.05, 4.69) is 10.1 Å². The van der Waals surface area contributed by atoms with Crippen LogP contribution in [0.25, 0.3) is 0 Å². The molecule has 0 rings (SSSR count). The van der Waals surface area contributed by atoms with Gasteiger partial charge in [-0.25, -0.2) is 8.42 Å². The van der Waals surface area contributed by atoms with Crippen LogP contribution >= 0.6 is 0 Å². The lowest BCUT2D eigenvalue weighted by Gasteiger charge is -2.14. The van der Waals surface area contributed by atoms with Gasteiger partial charge >= 0.3 is 5.97 Å². The zero-order valence-electron chi connectivity index (χ0n) is 11.9. The third-order valence-electron chi connectivity index (χ3n) is 2.59. The lowest BCUT2D eigenvalue weighted by Crippen LogP contribution is -2.38. The number of carbonyl (C=O) groups is 2. The summed E-state index contributed by atoms with van der Waals surface area (Å²) in [6, 6.07) is -0.0502. The monoisotopic (exact) mass is 293 g/mol. The Kier molecular flexibility index (Phi) is 7.66. The van der Waals surface area contributed by atoms with Crippen molar-refractivity contribution in [1.82, 2.24) is 5.32 Å². The van der Waals surface area contributed by atoms with Gasteiger partial charge in [-0.2, -0.15) is 0 Å². The Labute approximate surface area is 114 Å². The molecule has 0 fully saturated rings. The molecule has 0 aliphatic carbocycles. The Morgan fingerprint density at radius 3 is 2.32 bits per heavy atom. The van der Waals surface area contributed by atoms with Gasteiger partial charge in [-0.3, -0.25) is 9.59 Å². The van der Waals surface area contributed by atoms with Crippen LogP contribution in [0.15, 0.2) is 0 Å². The van der Waals surface area contributed by atoms with Gasteiger partial charge in [0.2, 0.25) is 5.91 Å². The van der Waals surface area contributed by atoms with Crippen molar-refractivity contribution in [2.24, 2.45) is 5.92 Å². The number of sulfone groups is 1. The van der Waals surface area contributed by atoms with Gasteiger partial charge in [0.1, 0.15) is 5.75 Å². The number of rotatable bonds is 8. The van der Waals surface area contributed by atoms with E-state index in [9.17, 15) is 18.0 Å². The van der Waals surface area contributed by atoms with E-state index in [1.807, 2.05) is 13.8 Å². The zero-order valence-corrected chi connectivity index (χ0v) is 12.7. The van der Waals surface area contributed by atoms with Crippen molar-refractivity contribution in [3.05, 3.63) is 0 Å². The summed E-state index contributed by atoms with van der Waals surface area (Å²) in [6.45, 7) is 5.27. The fraction of sp³-hybridized carbons (Fsp3) is 0.833. The molecule has 0 saturated carbocycles. The molecular weight excluding hydrogens is 270 g/mol. The number of esters is 1. The SMILES string of the molecule is CCCC(C)NC(=O)CS(=O)(=O)CC(C)C(=O)OC. The molecule has 0 heterocycles. The van der Waals surface area contributed by atoms with Crippen molar-refractivity contribution in [2.45, 2.75) is 39.7 Å². The molecule has 2 atom stereocenters. The molecule has 112 valence electrons. The van der Waals surface area contributed by atoms with E-state index in [0.29, 0.717) is 0 Å². The second kappa shape index (κ2) is 8.14. The Morgan fingerprint density at radius 1 is 1.26 bits per heavy atom. The van der Waals surface area contributed by atoms with Crippen LogP contribution < -0.4 is 5.32 Å². The van der Waals surface area contributed by atoms with Crippen molar-refractivity contribution in [2.75, 3.05) is 18.6 Å². The minimum Gasteiger partial charge on any atom is -0.469 e. The van der Waals surface area contributed by atoms with Crippen LogP contribution in [0.4, 0.5) is 0 Å². The van der Waals surface area contributed by atoms with Crippen LogP contribution in [0.1, 0.15) is 33.6 Å². The first kappa shape index (κ1) is 17.9. The maximum atomic E-state index is 11.7. The summed E-state index contributed by atoms with van der Waals surface area (Å²) in [4.78, 5) is 22.7. The fourth-order valence-electron chi connectivity index (χ4n) is 1.73. The third kappa shape index (κ3) is 7.81. The maximum Gasteiger partial charge on any atom is 0.309 e. The lowest BCUT2D eigenvalue weighted by atomic mass is 10.2. The van der Waals surface area contributed by atoms with E-state index in [-0.39, 0.29) is 11.8 Å². The Morgan fingerprint density at radius 2 is 1.84 bits per heavy atom. The lowest BCUT2D eigenvalue weighted by molar-refractivity contribution is -0.144. The molecule has 0 aromatic carbocycles. The average molecular weight is 293 g/mol. The molecule has 0 aromatic heterocycles. The topological polar surface area (TPSA) is 89.5 Å². The highest BCUT2D eigenvalue weighted by atomic mass is 32.2. The minimum absolute atomic E-state index is 0.0502. The van der Waals surface area contributed by atoms with E-state index in [1.165, 1.54) is 14.0 Å². The predicted octanol–water partition coefficient (Wildman–Crippen LogP) is 0.515. The highest BCUT2D eigenvalue weighted by Gasteiger charge is 2.24. The second-order valence-electron chi connectivity index (χ2n) is 4.74. The van der Waals surface area contributed by atoms with Gasteiger partial charge in [0.05, 0.1) is 18.8 Å². The number of nitrogens with one attached hydrogen (secondary N) is 1. The van der Waals surface area contributed by atoms with Crippen LogP contribution in [0, 0.1) is 5.92 Å². The van der Waals surface area contributed by atoms with E-state index >= 15 is 0 Å². The predicted molar refractivity (Wildman–Crippen MR) is 72.3 cm³/mol. The molecule has 1 amide bonds. The molecule has 0 aromatic rings. The fourth-order valence-corrected chi connectivity index (χ4v) is 3.23. The summed E-state index contributed by atoms with van der Waals surface area (Å²) >= 11 is 0. The first-order valence-electron chi connectivity index (χ1n) is 6.29. The van der Waals surface area contributed by atoms with Crippen molar-refractivity contribution >= 4 is 21.7 Å². The average Bonchev–Trinajstić information content (AvgIpc) is 2.26. The Hall–Kier alpha value is -1.11. The maximum absolute atomic E-state index is 11.7. The van der Waals surface area contributed by atoms with Crippen molar-refractivity contribution in [3.8, 4) is 0 Å². The highest BCUT2D eigenvalue weighted by Crippen LogP contribution is 2.04. The summed E-state index contributed by atoms with van der Waals surface area (Å²) in [5, 5.41) is 2.62. The first-order valence-corrected chi connectivity index (χ1v) is 8.11. The molecule has 0 aliphatic rings. The van der Waals surface area contributed by atoms with Crippen LogP contribution in [0.2, 0.25) is 0 Å². The van der Waals surface area contributed by atoms with Crippen molar-refractivity contribution in [1.29, 1.82) is 0 Å². The molecule has 0 saturated heterocycles. The number of amides is 1. The van der Waals surface area contributed by atoms with Crippen LogP contribution in [0.5, 0.6) is 0 Å². The van der Waals surface area contributed by atoms with Gasteiger partial charge in [0, 0.05) is 6.04 Å². The zero-order chi connectivity index (χ0) is 15.1. The molecule has 1 N–H and O–H groups in total. The molecule has 0 spiro atoms. The first-order chi connectivity index (χ1) is 8.71. The summed E-state index contributed by atoms with van der Waals surface area (Å²) in [7, 11) is -2.41. The van der Waals surface area contributed by atoms with Gasteiger partial charge in [-0.15, -0.1) is 0 Å². The van der Waals surface area contributed by atoms with E-state index in [0.717, 1.165) is 12.8 Å². The van der Waals surface area contributed by atoms with Crippen LogP contribution in [-0.2, 0) is 24.2 Å². The molecule has 0 radical (unpaired) electrons. The van der Waals surface area contributed by atoms with E-state index in [1.54, 1.807) is 0 Å². The van der Waals surface area contributed by atoms with E-state index in [4.69, 9.17) is 0 Å². The largest absolute Gasteiger partial charge is 0.469 e. The van der Waals surface area contributed by atoms with Gasteiger partial charge in [0.25, 0.3) is 0 Å². The number of hydrogen-bond acceptors (Lipinski definition) is 5. The summed E-state index contributed by atoms with van der Waals surface area (Å²) in [5.74, 6) is -2.87. The number of hydrogen-bond donors (Lipinski definition) is 1. The van der Waals surface area contributed by atoms with Crippen LogP contribution in [0.3, 0.4) is 0 Å². The quantitative estimate of drug-likeness (QED) is 0.659. The number of carbonyl (C=O) groups excluding carboxylic acids is 2. The van der Waals surface area contributed by atoms with Crippen molar-refractivity contribution < 1.29 is 22.7 Å². The van der Waals surface area contributed by atoms with Gasteiger partial charge in [0.15, 0.2) is 9.84 Å². The minimum atomic E-state index is -3.61. The number of ether oxygens (including phenoxy) is 1.